The van der Waals surface area contributed by atoms with E-state index < -0.39 is 21.2 Å². The van der Waals surface area contributed by atoms with Crippen molar-refractivity contribution < 1.29 is 18.3 Å². The Labute approximate surface area is 90.9 Å². The van der Waals surface area contributed by atoms with Crippen molar-refractivity contribution in [3.8, 4) is 0 Å². The van der Waals surface area contributed by atoms with Gasteiger partial charge in [0.2, 0.25) is 10.0 Å². The lowest BCUT2D eigenvalue weighted by Gasteiger charge is -2.17. The molecule has 0 heterocycles. The third kappa shape index (κ3) is 5.13. The van der Waals surface area contributed by atoms with E-state index >= 15 is 0 Å². The molecule has 0 bridgehead atoms. The smallest absolute Gasteiger partial charge is 0.323 e. The number of carbonyl (C=O) groups is 1. The SMILES string of the molecule is CC(C)CC(C)NS(=O)(=O)C(C)C(=O)O. The molecule has 0 saturated heterocycles. The van der Waals surface area contributed by atoms with Crippen molar-refractivity contribution in [3.63, 3.8) is 0 Å². The summed E-state index contributed by atoms with van der Waals surface area (Å²) in [6.45, 7) is 6.84. The summed E-state index contributed by atoms with van der Waals surface area (Å²) in [6.07, 6.45) is 0.686. The fourth-order valence-corrected chi connectivity index (χ4v) is 2.40. The molecule has 2 unspecified atom stereocenters. The van der Waals surface area contributed by atoms with Crippen molar-refractivity contribution in [2.45, 2.75) is 45.4 Å². The van der Waals surface area contributed by atoms with Gasteiger partial charge in [0.1, 0.15) is 0 Å². The Morgan fingerprint density at radius 3 is 2.07 bits per heavy atom. The second kappa shape index (κ2) is 5.46. The van der Waals surface area contributed by atoms with Crippen LogP contribution in [0.2, 0.25) is 0 Å². The molecule has 0 amide bonds. The Kier molecular flexibility index (Phi) is 5.23. The van der Waals surface area contributed by atoms with Gasteiger partial charge in [-0.2, -0.15) is 0 Å². The predicted octanol–water partition coefficient (Wildman–Crippen LogP) is 0.813. The van der Waals surface area contributed by atoms with E-state index in [0.29, 0.717) is 12.3 Å². The number of sulfonamides is 1. The molecular weight excluding hydrogens is 218 g/mol. The van der Waals surface area contributed by atoms with Crippen molar-refractivity contribution in [3.05, 3.63) is 0 Å². The topological polar surface area (TPSA) is 83.5 Å². The highest BCUT2D eigenvalue weighted by atomic mass is 32.2. The molecule has 0 rings (SSSR count). The lowest BCUT2D eigenvalue weighted by molar-refractivity contribution is -0.136. The maximum Gasteiger partial charge on any atom is 0.323 e. The third-order valence-corrected chi connectivity index (χ3v) is 3.87. The van der Waals surface area contributed by atoms with Crippen molar-refractivity contribution in [2.75, 3.05) is 0 Å². The number of aliphatic carboxylic acids is 1. The van der Waals surface area contributed by atoms with Crippen LogP contribution < -0.4 is 4.72 Å². The van der Waals surface area contributed by atoms with Crippen LogP contribution in [0.15, 0.2) is 0 Å². The fourth-order valence-electron chi connectivity index (χ4n) is 1.27. The number of carboxylic acids is 1. The van der Waals surface area contributed by atoms with E-state index in [2.05, 4.69) is 4.72 Å². The van der Waals surface area contributed by atoms with E-state index in [1.165, 1.54) is 0 Å². The molecule has 5 nitrogen and oxygen atoms in total. The maximum atomic E-state index is 11.5. The summed E-state index contributed by atoms with van der Waals surface area (Å²) in [5.74, 6) is -0.970. The predicted molar refractivity (Wildman–Crippen MR) is 58.1 cm³/mol. The van der Waals surface area contributed by atoms with Gasteiger partial charge < -0.3 is 5.11 Å². The normalized spacial score (nSPS) is 16.3. The Hall–Kier alpha value is -0.620. The molecule has 0 radical (unpaired) electrons. The zero-order valence-corrected chi connectivity index (χ0v) is 10.3. The number of hydrogen-bond donors (Lipinski definition) is 2. The van der Waals surface area contributed by atoms with Gasteiger partial charge in [-0.3, -0.25) is 4.79 Å². The maximum absolute atomic E-state index is 11.5. The van der Waals surface area contributed by atoms with Gasteiger partial charge in [0.15, 0.2) is 5.25 Å². The molecule has 0 aromatic heterocycles. The molecule has 6 heteroatoms. The zero-order valence-electron chi connectivity index (χ0n) is 9.52. The summed E-state index contributed by atoms with van der Waals surface area (Å²) >= 11 is 0. The minimum atomic E-state index is -3.75. The minimum absolute atomic E-state index is 0.239. The van der Waals surface area contributed by atoms with Gasteiger partial charge in [-0.05, 0) is 26.2 Å². The quantitative estimate of drug-likeness (QED) is 0.716. The van der Waals surface area contributed by atoms with Crippen molar-refractivity contribution >= 4 is 16.0 Å². The Morgan fingerprint density at radius 1 is 1.27 bits per heavy atom. The summed E-state index contributed by atoms with van der Waals surface area (Å²) < 4.78 is 25.3. The highest BCUT2D eigenvalue weighted by Gasteiger charge is 2.28. The van der Waals surface area contributed by atoms with Crippen LogP contribution in [0.5, 0.6) is 0 Å². The van der Waals surface area contributed by atoms with Gasteiger partial charge >= 0.3 is 5.97 Å². The third-order valence-electron chi connectivity index (χ3n) is 2.00. The number of carboxylic acid groups (broad SMARTS) is 1. The summed E-state index contributed by atoms with van der Waals surface area (Å²) in [5.41, 5.74) is 0. The average Bonchev–Trinajstić information content (AvgIpc) is 1.99. The first-order chi connectivity index (χ1) is 6.66. The molecule has 2 atom stereocenters. The highest BCUT2D eigenvalue weighted by Crippen LogP contribution is 2.07. The van der Waals surface area contributed by atoms with Crippen molar-refractivity contribution in [2.24, 2.45) is 5.92 Å². The van der Waals surface area contributed by atoms with E-state index in [1.54, 1.807) is 6.92 Å². The van der Waals surface area contributed by atoms with Gasteiger partial charge in [0, 0.05) is 6.04 Å². The Bertz CT molecular complexity index is 310. The van der Waals surface area contributed by atoms with Crippen LogP contribution in [0, 0.1) is 5.92 Å². The van der Waals surface area contributed by atoms with Gasteiger partial charge in [-0.1, -0.05) is 13.8 Å². The minimum Gasteiger partial charge on any atom is -0.480 e. The van der Waals surface area contributed by atoms with Crippen LogP contribution in [0.3, 0.4) is 0 Å². The first-order valence-corrected chi connectivity index (χ1v) is 6.45. The highest BCUT2D eigenvalue weighted by molar-refractivity contribution is 7.90. The summed E-state index contributed by atoms with van der Waals surface area (Å²) in [5, 5.41) is 7.18. The van der Waals surface area contributed by atoms with Gasteiger partial charge in [-0.15, -0.1) is 0 Å². The van der Waals surface area contributed by atoms with Crippen LogP contribution in [-0.4, -0.2) is 30.8 Å². The molecule has 2 N–H and O–H groups in total. The van der Waals surface area contributed by atoms with Crippen molar-refractivity contribution in [1.82, 2.24) is 4.72 Å². The first-order valence-electron chi connectivity index (χ1n) is 4.90. The number of rotatable bonds is 6. The average molecular weight is 237 g/mol. The van der Waals surface area contributed by atoms with E-state index in [-0.39, 0.29) is 6.04 Å². The first kappa shape index (κ1) is 14.4. The van der Waals surface area contributed by atoms with Crippen LogP contribution in [0.25, 0.3) is 0 Å². The molecule has 0 saturated carbocycles. The Morgan fingerprint density at radius 2 is 1.73 bits per heavy atom. The van der Waals surface area contributed by atoms with Gasteiger partial charge in [0.05, 0.1) is 0 Å². The molecule has 15 heavy (non-hydrogen) atoms. The fraction of sp³-hybridized carbons (Fsp3) is 0.889. The molecule has 0 aliphatic heterocycles. The van der Waals surface area contributed by atoms with Gasteiger partial charge in [0.25, 0.3) is 0 Å². The summed E-state index contributed by atoms with van der Waals surface area (Å²) in [4.78, 5) is 10.5. The number of nitrogens with one attached hydrogen (secondary N) is 1. The largest absolute Gasteiger partial charge is 0.480 e. The standard InChI is InChI=1S/C9H19NO4S/c1-6(2)5-7(3)10-15(13,14)8(4)9(11)12/h6-8,10H,5H2,1-4H3,(H,11,12). The second-order valence-electron chi connectivity index (χ2n) is 4.17. The van der Waals surface area contributed by atoms with E-state index in [4.69, 9.17) is 5.11 Å². The van der Waals surface area contributed by atoms with Gasteiger partial charge in [-0.25, -0.2) is 13.1 Å². The molecular formula is C9H19NO4S. The van der Waals surface area contributed by atoms with Crippen LogP contribution >= 0.6 is 0 Å². The van der Waals surface area contributed by atoms with E-state index in [9.17, 15) is 13.2 Å². The van der Waals surface area contributed by atoms with Crippen LogP contribution in [-0.2, 0) is 14.8 Å². The summed E-state index contributed by atoms with van der Waals surface area (Å²) in [7, 11) is -3.75. The van der Waals surface area contributed by atoms with E-state index in [0.717, 1.165) is 6.92 Å². The van der Waals surface area contributed by atoms with Crippen LogP contribution in [0.4, 0.5) is 0 Å². The molecule has 0 aliphatic carbocycles. The number of hydrogen-bond acceptors (Lipinski definition) is 3. The lowest BCUT2D eigenvalue weighted by Crippen LogP contribution is -2.42. The molecule has 0 aromatic rings. The lowest BCUT2D eigenvalue weighted by atomic mass is 10.1. The second-order valence-corrected chi connectivity index (χ2v) is 6.21. The Balaban J connectivity index is 4.45. The summed E-state index contributed by atoms with van der Waals surface area (Å²) in [6, 6.07) is -0.239. The monoisotopic (exact) mass is 237 g/mol. The molecule has 90 valence electrons. The molecule has 0 spiro atoms. The van der Waals surface area contributed by atoms with Crippen molar-refractivity contribution in [1.29, 1.82) is 0 Å². The molecule has 0 fully saturated rings. The van der Waals surface area contributed by atoms with Crippen LogP contribution in [0.1, 0.15) is 34.1 Å². The van der Waals surface area contributed by atoms with E-state index in [1.807, 2.05) is 13.8 Å². The zero-order chi connectivity index (χ0) is 12.2. The molecule has 0 aromatic carbocycles. The molecule has 0 aliphatic rings.